The van der Waals surface area contributed by atoms with E-state index in [0.29, 0.717) is 32.2 Å². The van der Waals surface area contributed by atoms with Gasteiger partial charge in [0.1, 0.15) is 12.1 Å². The van der Waals surface area contributed by atoms with Crippen LogP contribution in [0.3, 0.4) is 0 Å². The van der Waals surface area contributed by atoms with Crippen molar-refractivity contribution in [1.82, 2.24) is 10.2 Å². The molecule has 2 N–H and O–H groups in total. The zero-order valence-corrected chi connectivity index (χ0v) is 16.3. The number of aryl methyl sites for hydroxylation is 1. The minimum Gasteiger partial charge on any atom is -0.480 e. The molecule has 2 atom stereocenters. The lowest BCUT2D eigenvalue weighted by atomic mass is 10.0. The van der Waals surface area contributed by atoms with Gasteiger partial charge in [0.05, 0.1) is 0 Å². The summed E-state index contributed by atoms with van der Waals surface area (Å²) in [5.74, 6) is -1.54. The zero-order chi connectivity index (χ0) is 20.6. The number of hydrogen-bond acceptors (Lipinski definition) is 3. The molecule has 1 unspecified atom stereocenters. The number of carbonyl (C=O) groups excluding carboxylic acids is 2. The number of benzene rings is 2. The van der Waals surface area contributed by atoms with Crippen LogP contribution in [0.15, 0.2) is 60.7 Å². The van der Waals surface area contributed by atoms with Gasteiger partial charge in [0, 0.05) is 19.4 Å². The van der Waals surface area contributed by atoms with Crippen molar-refractivity contribution in [2.75, 3.05) is 6.54 Å². The number of hydrogen-bond donors (Lipinski definition) is 2. The Hall–Kier alpha value is -3.15. The van der Waals surface area contributed by atoms with Crippen molar-refractivity contribution >= 4 is 17.8 Å². The van der Waals surface area contributed by atoms with Crippen molar-refractivity contribution in [3.8, 4) is 0 Å². The lowest BCUT2D eigenvalue weighted by Gasteiger charge is -2.27. The fraction of sp³-hybridized carbons (Fsp3) is 0.348. The Morgan fingerprint density at radius 2 is 1.62 bits per heavy atom. The quantitative estimate of drug-likeness (QED) is 0.720. The molecule has 0 saturated carbocycles. The van der Waals surface area contributed by atoms with E-state index in [1.165, 1.54) is 4.90 Å². The summed E-state index contributed by atoms with van der Waals surface area (Å²) in [6.07, 6.45) is 2.29. The van der Waals surface area contributed by atoms with Crippen molar-refractivity contribution in [3.63, 3.8) is 0 Å². The lowest BCUT2D eigenvalue weighted by molar-refractivity contribution is -0.149. The molecule has 2 aromatic carbocycles. The fourth-order valence-corrected chi connectivity index (χ4v) is 3.71. The minimum atomic E-state index is -0.996. The van der Waals surface area contributed by atoms with E-state index in [2.05, 4.69) is 5.32 Å². The van der Waals surface area contributed by atoms with Crippen LogP contribution in [-0.4, -0.2) is 46.4 Å². The molecule has 3 rings (SSSR count). The minimum absolute atomic E-state index is 0.214. The maximum absolute atomic E-state index is 13.1. The summed E-state index contributed by atoms with van der Waals surface area (Å²) in [7, 11) is 0. The molecule has 1 saturated heterocycles. The molecule has 1 heterocycles. The van der Waals surface area contributed by atoms with Gasteiger partial charge >= 0.3 is 5.97 Å². The Labute approximate surface area is 170 Å². The average Bonchev–Trinajstić information content (AvgIpc) is 3.23. The fourth-order valence-electron chi connectivity index (χ4n) is 3.71. The normalized spacial score (nSPS) is 17.0. The topological polar surface area (TPSA) is 86.7 Å². The van der Waals surface area contributed by atoms with Gasteiger partial charge in [-0.3, -0.25) is 9.59 Å². The largest absolute Gasteiger partial charge is 0.480 e. The van der Waals surface area contributed by atoms with Crippen LogP contribution in [0.5, 0.6) is 0 Å². The highest BCUT2D eigenvalue weighted by Crippen LogP contribution is 2.19. The second kappa shape index (κ2) is 9.87. The SMILES string of the molecule is O=C(CCc1ccccc1)N[C@H](Cc1ccccc1)C(=O)N1CCCC1C(=O)O. The third-order valence-corrected chi connectivity index (χ3v) is 5.22. The van der Waals surface area contributed by atoms with Gasteiger partial charge in [0.15, 0.2) is 0 Å². The summed E-state index contributed by atoms with van der Waals surface area (Å²) in [5.41, 5.74) is 1.97. The van der Waals surface area contributed by atoms with Crippen LogP contribution < -0.4 is 5.32 Å². The standard InChI is InChI=1S/C23H26N2O4/c26-21(14-13-17-8-3-1-4-9-17)24-19(16-18-10-5-2-6-11-18)22(27)25-15-7-12-20(25)23(28)29/h1-6,8-11,19-20H,7,12-16H2,(H,24,26)(H,28,29)/t19-,20?/m1/s1. The number of nitrogens with one attached hydrogen (secondary N) is 1. The zero-order valence-electron chi connectivity index (χ0n) is 16.3. The van der Waals surface area contributed by atoms with Crippen LogP contribution in [0, 0.1) is 0 Å². The molecular weight excluding hydrogens is 368 g/mol. The van der Waals surface area contributed by atoms with E-state index < -0.39 is 18.1 Å². The molecule has 2 aromatic rings. The highest BCUT2D eigenvalue weighted by atomic mass is 16.4. The highest BCUT2D eigenvalue weighted by Gasteiger charge is 2.37. The van der Waals surface area contributed by atoms with Crippen molar-refractivity contribution in [2.24, 2.45) is 0 Å². The summed E-state index contributed by atoms with van der Waals surface area (Å²) >= 11 is 0. The molecule has 1 aliphatic heterocycles. The molecular formula is C23H26N2O4. The Bertz CT molecular complexity index is 838. The molecule has 1 fully saturated rings. The Morgan fingerprint density at radius 1 is 1.00 bits per heavy atom. The summed E-state index contributed by atoms with van der Waals surface area (Å²) in [5, 5.41) is 12.3. The smallest absolute Gasteiger partial charge is 0.326 e. The molecule has 2 amide bonds. The number of aliphatic carboxylic acids is 1. The average molecular weight is 394 g/mol. The van der Waals surface area contributed by atoms with Crippen LogP contribution in [-0.2, 0) is 27.2 Å². The molecule has 6 nitrogen and oxygen atoms in total. The van der Waals surface area contributed by atoms with Gasteiger partial charge in [0.2, 0.25) is 11.8 Å². The van der Waals surface area contributed by atoms with Crippen molar-refractivity contribution in [3.05, 3.63) is 71.8 Å². The van der Waals surface area contributed by atoms with Crippen molar-refractivity contribution in [1.29, 1.82) is 0 Å². The maximum atomic E-state index is 13.1. The first-order valence-electron chi connectivity index (χ1n) is 9.95. The van der Waals surface area contributed by atoms with Gasteiger partial charge in [0.25, 0.3) is 0 Å². The van der Waals surface area contributed by atoms with E-state index in [9.17, 15) is 19.5 Å². The lowest BCUT2D eigenvalue weighted by Crippen LogP contribution is -2.52. The predicted molar refractivity (Wildman–Crippen MR) is 109 cm³/mol. The van der Waals surface area contributed by atoms with Crippen LogP contribution in [0.2, 0.25) is 0 Å². The molecule has 0 bridgehead atoms. The van der Waals surface area contributed by atoms with Crippen molar-refractivity contribution in [2.45, 2.75) is 44.2 Å². The molecule has 0 spiro atoms. The highest BCUT2D eigenvalue weighted by molar-refractivity contribution is 5.91. The predicted octanol–water partition coefficient (Wildman–Crippen LogP) is 2.42. The number of carbonyl (C=O) groups is 3. The third kappa shape index (κ3) is 5.67. The number of nitrogens with zero attached hydrogens (tertiary/aromatic N) is 1. The van der Waals surface area contributed by atoms with Gasteiger partial charge in [-0.15, -0.1) is 0 Å². The van der Waals surface area contributed by atoms with E-state index in [-0.39, 0.29) is 18.2 Å². The van der Waals surface area contributed by atoms with Gasteiger partial charge < -0.3 is 15.3 Å². The molecule has 0 aromatic heterocycles. The van der Waals surface area contributed by atoms with Gasteiger partial charge in [-0.25, -0.2) is 4.79 Å². The maximum Gasteiger partial charge on any atom is 0.326 e. The first-order valence-corrected chi connectivity index (χ1v) is 9.95. The molecule has 0 radical (unpaired) electrons. The summed E-state index contributed by atoms with van der Waals surface area (Å²) < 4.78 is 0. The summed E-state index contributed by atoms with van der Waals surface area (Å²) in [6, 6.07) is 17.5. The molecule has 6 heteroatoms. The van der Waals surface area contributed by atoms with Crippen LogP contribution in [0.1, 0.15) is 30.4 Å². The molecule has 152 valence electrons. The Balaban J connectivity index is 1.69. The Morgan fingerprint density at radius 3 is 2.24 bits per heavy atom. The first kappa shape index (κ1) is 20.6. The van der Waals surface area contributed by atoms with Crippen molar-refractivity contribution < 1.29 is 19.5 Å². The second-order valence-corrected chi connectivity index (χ2v) is 7.32. The Kier molecular flexibility index (Phi) is 7.00. The second-order valence-electron chi connectivity index (χ2n) is 7.32. The van der Waals surface area contributed by atoms with Gasteiger partial charge in [-0.05, 0) is 30.4 Å². The van der Waals surface area contributed by atoms with Gasteiger partial charge in [-0.1, -0.05) is 60.7 Å². The number of likely N-dealkylation sites (tertiary alicyclic amines) is 1. The monoisotopic (exact) mass is 394 g/mol. The first-order chi connectivity index (χ1) is 14.0. The summed E-state index contributed by atoms with van der Waals surface area (Å²) in [6.45, 7) is 0.404. The van der Waals surface area contributed by atoms with Crippen LogP contribution in [0.25, 0.3) is 0 Å². The van der Waals surface area contributed by atoms with Crippen LogP contribution in [0.4, 0.5) is 0 Å². The third-order valence-electron chi connectivity index (χ3n) is 5.22. The molecule has 1 aliphatic rings. The van der Waals surface area contributed by atoms with Crippen LogP contribution >= 0.6 is 0 Å². The van der Waals surface area contributed by atoms with E-state index in [4.69, 9.17) is 0 Å². The van der Waals surface area contributed by atoms with E-state index in [1.807, 2.05) is 60.7 Å². The number of rotatable bonds is 8. The molecule has 29 heavy (non-hydrogen) atoms. The number of amides is 2. The van der Waals surface area contributed by atoms with E-state index in [0.717, 1.165) is 11.1 Å². The summed E-state index contributed by atoms with van der Waals surface area (Å²) in [4.78, 5) is 38.6. The molecule has 0 aliphatic carbocycles. The van der Waals surface area contributed by atoms with E-state index >= 15 is 0 Å². The van der Waals surface area contributed by atoms with E-state index in [1.54, 1.807) is 0 Å². The van der Waals surface area contributed by atoms with Gasteiger partial charge in [-0.2, -0.15) is 0 Å². The number of carboxylic acids is 1. The number of carboxylic acid groups (broad SMARTS) is 1.